The van der Waals surface area contributed by atoms with Gasteiger partial charge in [-0.05, 0) is 13.3 Å². The predicted octanol–water partition coefficient (Wildman–Crippen LogP) is 1.68. The number of ether oxygens (including phenoxy) is 2. The lowest BCUT2D eigenvalue weighted by Gasteiger charge is -2.10. The second kappa shape index (κ2) is 8.97. The minimum atomic E-state index is -0.829. The Morgan fingerprint density at radius 1 is 1.36 bits per heavy atom. The molecule has 0 saturated heterocycles. The van der Waals surface area contributed by atoms with Gasteiger partial charge in [-0.15, -0.1) is 0 Å². The van der Waals surface area contributed by atoms with Gasteiger partial charge in [-0.25, -0.2) is 0 Å². The zero-order chi connectivity index (χ0) is 10.8. The van der Waals surface area contributed by atoms with Crippen molar-refractivity contribution in [1.82, 2.24) is 0 Å². The first-order valence-electron chi connectivity index (χ1n) is 5.08. The van der Waals surface area contributed by atoms with Crippen molar-refractivity contribution in [3.05, 3.63) is 0 Å². The molecule has 0 heterocycles. The monoisotopic (exact) mass is 204 g/mol. The van der Waals surface area contributed by atoms with Crippen LogP contribution in [-0.2, 0) is 14.3 Å². The normalized spacial score (nSPS) is 12.7. The molecule has 0 aliphatic rings. The Morgan fingerprint density at radius 3 is 2.64 bits per heavy atom. The summed E-state index contributed by atoms with van der Waals surface area (Å²) >= 11 is 0. The van der Waals surface area contributed by atoms with Crippen LogP contribution in [0.2, 0.25) is 0 Å². The molecule has 0 radical (unpaired) electrons. The number of unbranched alkanes of at least 4 members (excludes halogenated alkanes) is 1. The van der Waals surface area contributed by atoms with Gasteiger partial charge in [-0.1, -0.05) is 13.3 Å². The van der Waals surface area contributed by atoms with Crippen molar-refractivity contribution in [2.45, 2.75) is 39.2 Å². The quantitative estimate of drug-likeness (QED) is 0.580. The molecule has 0 bridgehead atoms. The Bertz CT molecular complexity index is 147. The Balaban J connectivity index is 3.14. The van der Waals surface area contributed by atoms with E-state index in [4.69, 9.17) is 14.6 Å². The van der Waals surface area contributed by atoms with Crippen molar-refractivity contribution < 1.29 is 19.4 Å². The fourth-order valence-corrected chi connectivity index (χ4v) is 0.962. The Morgan fingerprint density at radius 2 is 2.07 bits per heavy atom. The summed E-state index contributed by atoms with van der Waals surface area (Å²) in [6.07, 6.45) is 2.00. The molecule has 0 aromatic carbocycles. The molecule has 0 amide bonds. The molecule has 0 unspecified atom stereocenters. The Kier molecular flexibility index (Phi) is 8.57. The average molecular weight is 204 g/mol. The number of rotatable bonds is 9. The third-order valence-electron chi connectivity index (χ3n) is 1.73. The number of aliphatic carboxylic acids is 1. The third kappa shape index (κ3) is 9.48. The number of hydrogen-bond donors (Lipinski definition) is 1. The van der Waals surface area contributed by atoms with Crippen LogP contribution in [0, 0.1) is 0 Å². The van der Waals surface area contributed by atoms with Crippen LogP contribution >= 0.6 is 0 Å². The summed E-state index contributed by atoms with van der Waals surface area (Å²) in [5, 5.41) is 8.45. The van der Waals surface area contributed by atoms with E-state index in [2.05, 4.69) is 6.92 Å². The van der Waals surface area contributed by atoms with Crippen molar-refractivity contribution in [2.75, 3.05) is 19.8 Å². The molecule has 4 heteroatoms. The molecule has 1 atom stereocenters. The van der Waals surface area contributed by atoms with E-state index in [1.54, 1.807) is 6.92 Å². The highest BCUT2D eigenvalue weighted by Crippen LogP contribution is 1.97. The first kappa shape index (κ1) is 13.4. The van der Waals surface area contributed by atoms with Crippen molar-refractivity contribution in [1.29, 1.82) is 0 Å². The molecule has 4 nitrogen and oxygen atoms in total. The molecule has 0 aromatic heterocycles. The summed E-state index contributed by atoms with van der Waals surface area (Å²) < 4.78 is 10.5. The Labute approximate surface area is 85.2 Å². The van der Waals surface area contributed by atoms with Crippen LogP contribution in [-0.4, -0.2) is 37.0 Å². The molecule has 0 saturated carbocycles. The van der Waals surface area contributed by atoms with Crippen molar-refractivity contribution >= 4 is 5.97 Å². The van der Waals surface area contributed by atoms with Crippen molar-refractivity contribution in [3.63, 3.8) is 0 Å². The standard InChI is InChI=1S/C10H20O4/c1-3-4-5-13-6-7-14-9(2)8-10(11)12/h9H,3-8H2,1-2H3,(H,11,12)/t9-/m1/s1. The zero-order valence-corrected chi connectivity index (χ0v) is 8.99. The van der Waals surface area contributed by atoms with Gasteiger partial charge >= 0.3 is 5.97 Å². The number of carbonyl (C=O) groups is 1. The fourth-order valence-electron chi connectivity index (χ4n) is 0.962. The van der Waals surface area contributed by atoms with E-state index < -0.39 is 5.97 Å². The van der Waals surface area contributed by atoms with Gasteiger partial charge in [-0.2, -0.15) is 0 Å². The molecule has 0 rings (SSSR count). The molecule has 0 aromatic rings. The molecule has 0 spiro atoms. The van der Waals surface area contributed by atoms with E-state index in [0.29, 0.717) is 13.2 Å². The predicted molar refractivity (Wildman–Crippen MR) is 53.4 cm³/mol. The highest BCUT2D eigenvalue weighted by atomic mass is 16.5. The van der Waals surface area contributed by atoms with Gasteiger partial charge in [0.2, 0.25) is 0 Å². The number of hydrogen-bond acceptors (Lipinski definition) is 3. The smallest absolute Gasteiger partial charge is 0.305 e. The van der Waals surface area contributed by atoms with Crippen LogP contribution in [0.4, 0.5) is 0 Å². The summed E-state index contributed by atoms with van der Waals surface area (Å²) in [4.78, 5) is 10.3. The van der Waals surface area contributed by atoms with Crippen LogP contribution in [0.5, 0.6) is 0 Å². The molecule has 0 aliphatic carbocycles. The van der Waals surface area contributed by atoms with Gasteiger partial charge < -0.3 is 14.6 Å². The van der Waals surface area contributed by atoms with Crippen LogP contribution in [0.15, 0.2) is 0 Å². The number of carboxylic acids is 1. The van der Waals surface area contributed by atoms with E-state index in [9.17, 15) is 4.79 Å². The molecule has 84 valence electrons. The molecule has 0 fully saturated rings. The summed E-state index contributed by atoms with van der Waals surface area (Å²) in [6, 6.07) is 0. The van der Waals surface area contributed by atoms with E-state index in [1.165, 1.54) is 0 Å². The second-order valence-electron chi connectivity index (χ2n) is 3.25. The van der Waals surface area contributed by atoms with Gasteiger partial charge in [0.25, 0.3) is 0 Å². The lowest BCUT2D eigenvalue weighted by Crippen LogP contribution is -2.16. The molecular weight excluding hydrogens is 184 g/mol. The third-order valence-corrected chi connectivity index (χ3v) is 1.73. The molecule has 0 aliphatic heterocycles. The zero-order valence-electron chi connectivity index (χ0n) is 8.99. The molecular formula is C10H20O4. The van der Waals surface area contributed by atoms with Crippen molar-refractivity contribution in [3.8, 4) is 0 Å². The maximum absolute atomic E-state index is 10.3. The van der Waals surface area contributed by atoms with Gasteiger partial charge in [0.05, 0.1) is 25.7 Å². The van der Waals surface area contributed by atoms with E-state index in [-0.39, 0.29) is 12.5 Å². The SMILES string of the molecule is CCCCOCCO[C@H](C)CC(=O)O. The van der Waals surface area contributed by atoms with E-state index in [1.807, 2.05) is 0 Å². The van der Waals surface area contributed by atoms with Gasteiger partial charge in [0, 0.05) is 6.61 Å². The maximum atomic E-state index is 10.3. The topological polar surface area (TPSA) is 55.8 Å². The second-order valence-corrected chi connectivity index (χ2v) is 3.25. The van der Waals surface area contributed by atoms with Crippen LogP contribution in [0.3, 0.4) is 0 Å². The van der Waals surface area contributed by atoms with Crippen LogP contribution in [0.1, 0.15) is 33.1 Å². The largest absolute Gasteiger partial charge is 0.481 e. The molecule has 14 heavy (non-hydrogen) atoms. The summed E-state index contributed by atoms with van der Waals surface area (Å²) in [6.45, 7) is 5.63. The fraction of sp³-hybridized carbons (Fsp3) is 0.900. The van der Waals surface area contributed by atoms with Crippen molar-refractivity contribution in [2.24, 2.45) is 0 Å². The van der Waals surface area contributed by atoms with E-state index in [0.717, 1.165) is 19.4 Å². The maximum Gasteiger partial charge on any atom is 0.305 e. The number of carboxylic acid groups (broad SMARTS) is 1. The summed E-state index contributed by atoms with van der Waals surface area (Å²) in [5.41, 5.74) is 0. The average Bonchev–Trinajstić information content (AvgIpc) is 2.10. The van der Waals surface area contributed by atoms with E-state index >= 15 is 0 Å². The summed E-state index contributed by atoms with van der Waals surface area (Å²) in [5.74, 6) is -0.829. The molecule has 1 N–H and O–H groups in total. The van der Waals surface area contributed by atoms with Gasteiger partial charge in [-0.3, -0.25) is 4.79 Å². The minimum absolute atomic E-state index is 0.0506. The lowest BCUT2D eigenvalue weighted by atomic mass is 10.3. The first-order valence-corrected chi connectivity index (χ1v) is 5.08. The van der Waals surface area contributed by atoms with Gasteiger partial charge in [0.1, 0.15) is 0 Å². The highest BCUT2D eigenvalue weighted by Gasteiger charge is 2.06. The minimum Gasteiger partial charge on any atom is -0.481 e. The van der Waals surface area contributed by atoms with Crippen LogP contribution in [0.25, 0.3) is 0 Å². The highest BCUT2D eigenvalue weighted by molar-refractivity contribution is 5.67. The van der Waals surface area contributed by atoms with Gasteiger partial charge in [0.15, 0.2) is 0 Å². The Hall–Kier alpha value is -0.610. The van der Waals surface area contributed by atoms with Crippen LogP contribution < -0.4 is 0 Å². The lowest BCUT2D eigenvalue weighted by molar-refractivity contribution is -0.140. The summed E-state index contributed by atoms with van der Waals surface area (Å²) in [7, 11) is 0. The first-order chi connectivity index (χ1) is 6.66.